The summed E-state index contributed by atoms with van der Waals surface area (Å²) >= 11 is 6.55. The molecule has 0 N–H and O–H groups in total. The summed E-state index contributed by atoms with van der Waals surface area (Å²) in [6.07, 6.45) is -7.27. The smallest absolute Gasteiger partial charge is 0.297 e. The minimum absolute atomic E-state index is 0.00549. The first-order valence-corrected chi connectivity index (χ1v) is 16.4. The van der Waals surface area contributed by atoms with Crippen LogP contribution in [0.1, 0.15) is 11.9 Å². The Morgan fingerprint density at radius 3 is 1.77 bits per heavy atom. The molecule has 5 rings (SSSR count). The Balaban J connectivity index is 1.53. The first-order valence-electron chi connectivity index (χ1n) is 12.0. The van der Waals surface area contributed by atoms with Crippen LogP contribution in [0.15, 0.2) is 97.6 Å². The lowest BCUT2D eigenvalue weighted by atomic mass is 9.98. The van der Waals surface area contributed by atoms with E-state index in [1.807, 2.05) is 6.07 Å². The average Bonchev–Trinajstić information content (AvgIpc) is 2.94. The van der Waals surface area contributed by atoms with Crippen LogP contribution in [0, 0.1) is 0 Å². The maximum Gasteiger partial charge on any atom is 0.297 e. The molecule has 0 radical (unpaired) electrons. The average molecular weight is 720 g/mol. The van der Waals surface area contributed by atoms with E-state index in [0.717, 1.165) is 0 Å². The van der Waals surface area contributed by atoms with Crippen molar-refractivity contribution < 1.29 is 44.1 Å². The number of halogens is 2. The minimum atomic E-state index is -4.43. The molecule has 2 aliphatic heterocycles. The quantitative estimate of drug-likeness (QED) is 0.307. The van der Waals surface area contributed by atoms with Gasteiger partial charge in [0, 0.05) is 21.6 Å². The van der Waals surface area contributed by atoms with E-state index in [4.69, 9.17) is 27.3 Å². The van der Waals surface area contributed by atoms with Gasteiger partial charge in [0.05, 0.1) is 16.4 Å². The van der Waals surface area contributed by atoms with Crippen LogP contribution in [-0.4, -0.2) is 61.3 Å². The molecular formula is C26H24Br2O10S2. The molecule has 14 heteroatoms. The third-order valence-corrected chi connectivity index (χ3v) is 9.98. The summed E-state index contributed by atoms with van der Waals surface area (Å²) < 4.78 is 89.5. The van der Waals surface area contributed by atoms with E-state index in [1.165, 1.54) is 43.5 Å². The van der Waals surface area contributed by atoms with Gasteiger partial charge in [-0.25, -0.2) is 0 Å². The molecule has 2 aliphatic rings. The predicted octanol–water partition coefficient (Wildman–Crippen LogP) is 4.55. The summed E-state index contributed by atoms with van der Waals surface area (Å²) in [5.41, 5.74) is 0.671. The number of methoxy groups -OCH3 is 1. The molecule has 0 amide bonds. The first kappa shape index (κ1) is 29.8. The highest BCUT2D eigenvalue weighted by Gasteiger charge is 2.54. The fraction of sp³-hybridized carbons (Fsp3) is 0.308. The van der Waals surface area contributed by atoms with Crippen LogP contribution in [0.2, 0.25) is 0 Å². The van der Waals surface area contributed by atoms with E-state index < -0.39 is 57.2 Å². The van der Waals surface area contributed by atoms with Gasteiger partial charge < -0.3 is 18.9 Å². The van der Waals surface area contributed by atoms with Gasteiger partial charge in [-0.1, -0.05) is 62.2 Å². The van der Waals surface area contributed by atoms with Gasteiger partial charge in [0.25, 0.3) is 20.2 Å². The van der Waals surface area contributed by atoms with Crippen molar-refractivity contribution in [1.29, 1.82) is 0 Å². The second-order valence-electron chi connectivity index (χ2n) is 8.89. The number of ether oxygens (including phenoxy) is 4. The summed E-state index contributed by atoms with van der Waals surface area (Å²) in [4.78, 5) is -0.300. The zero-order valence-corrected chi connectivity index (χ0v) is 25.6. The fourth-order valence-corrected chi connectivity index (χ4v) is 7.03. The Hall–Kier alpha value is -1.72. The Bertz CT molecular complexity index is 1520. The van der Waals surface area contributed by atoms with Crippen LogP contribution < -0.4 is 0 Å². The molecule has 6 atom stereocenters. The molecule has 3 aromatic carbocycles. The molecule has 0 bridgehead atoms. The SMILES string of the molecule is CO[C@H]1O[C@H]2CO[C@H](c3ccccc3)O[C@@H]2[C@@H](OS(=O)(=O)c2ccc(Br)cc2)[C@@H]1OS(=O)(=O)c1ccc(Br)cc1. The van der Waals surface area contributed by atoms with Crippen LogP contribution >= 0.6 is 31.9 Å². The third kappa shape index (κ3) is 6.51. The largest absolute Gasteiger partial charge is 0.353 e. The Labute approximate surface area is 249 Å². The molecule has 2 fully saturated rings. The molecule has 3 aromatic rings. The van der Waals surface area contributed by atoms with Crippen molar-refractivity contribution >= 4 is 52.1 Å². The van der Waals surface area contributed by atoms with E-state index >= 15 is 0 Å². The predicted molar refractivity (Wildman–Crippen MR) is 148 cm³/mol. The maximum absolute atomic E-state index is 13.4. The lowest BCUT2D eigenvalue weighted by molar-refractivity contribution is -0.351. The third-order valence-electron chi connectivity index (χ3n) is 6.27. The van der Waals surface area contributed by atoms with Crippen LogP contribution in [-0.2, 0) is 47.5 Å². The first-order chi connectivity index (χ1) is 19.1. The number of hydrogen-bond donors (Lipinski definition) is 0. The van der Waals surface area contributed by atoms with Gasteiger partial charge >= 0.3 is 0 Å². The van der Waals surface area contributed by atoms with Crippen LogP contribution in [0.5, 0.6) is 0 Å². The molecule has 0 aromatic heterocycles. The normalized spacial score (nSPS) is 27.2. The summed E-state index contributed by atoms with van der Waals surface area (Å²) in [6.45, 7) is -0.00549. The molecule has 214 valence electrons. The van der Waals surface area contributed by atoms with Gasteiger partial charge in [0.2, 0.25) is 0 Å². The number of fused-ring (bicyclic) bond motifs is 1. The Kier molecular flexibility index (Phi) is 9.12. The van der Waals surface area contributed by atoms with Gasteiger partial charge in [0.15, 0.2) is 18.7 Å². The zero-order valence-electron chi connectivity index (χ0n) is 20.8. The zero-order chi connectivity index (χ0) is 28.5. The molecule has 0 unspecified atom stereocenters. The molecule has 0 spiro atoms. The highest BCUT2D eigenvalue weighted by atomic mass is 79.9. The van der Waals surface area contributed by atoms with Crippen molar-refractivity contribution in [2.75, 3.05) is 13.7 Å². The summed E-state index contributed by atoms with van der Waals surface area (Å²) in [6, 6.07) is 20.6. The second kappa shape index (κ2) is 12.3. The van der Waals surface area contributed by atoms with E-state index in [0.29, 0.717) is 14.5 Å². The van der Waals surface area contributed by atoms with Gasteiger partial charge in [-0.2, -0.15) is 16.8 Å². The number of benzene rings is 3. The molecule has 2 heterocycles. The molecule has 0 aliphatic carbocycles. The minimum Gasteiger partial charge on any atom is -0.353 e. The van der Waals surface area contributed by atoms with Crippen LogP contribution in [0.25, 0.3) is 0 Å². The summed E-state index contributed by atoms with van der Waals surface area (Å²) in [5, 5.41) is 0. The van der Waals surface area contributed by atoms with Crippen LogP contribution in [0.3, 0.4) is 0 Å². The molecule has 2 saturated heterocycles. The number of rotatable bonds is 8. The number of hydrogen-bond acceptors (Lipinski definition) is 10. The van der Waals surface area contributed by atoms with Crippen molar-refractivity contribution in [3.05, 3.63) is 93.4 Å². The second-order valence-corrected chi connectivity index (χ2v) is 13.9. The molecule has 40 heavy (non-hydrogen) atoms. The van der Waals surface area contributed by atoms with Crippen molar-refractivity contribution in [2.24, 2.45) is 0 Å². The van der Waals surface area contributed by atoms with Gasteiger partial charge in [-0.05, 0) is 48.5 Å². The maximum atomic E-state index is 13.4. The topological polar surface area (TPSA) is 124 Å². The van der Waals surface area contributed by atoms with Crippen molar-refractivity contribution in [1.82, 2.24) is 0 Å². The van der Waals surface area contributed by atoms with Crippen LogP contribution in [0.4, 0.5) is 0 Å². The van der Waals surface area contributed by atoms with Crippen molar-refractivity contribution in [3.8, 4) is 0 Å². The fourth-order valence-electron chi connectivity index (χ4n) is 4.33. The monoisotopic (exact) mass is 718 g/mol. The van der Waals surface area contributed by atoms with Crippen molar-refractivity contribution in [2.45, 2.75) is 46.8 Å². The van der Waals surface area contributed by atoms with Gasteiger partial charge in [0.1, 0.15) is 18.3 Å². The van der Waals surface area contributed by atoms with E-state index in [1.54, 1.807) is 36.4 Å². The molecular weight excluding hydrogens is 696 g/mol. The molecule has 0 saturated carbocycles. The van der Waals surface area contributed by atoms with E-state index in [-0.39, 0.29) is 16.4 Å². The Morgan fingerprint density at radius 2 is 1.25 bits per heavy atom. The van der Waals surface area contributed by atoms with E-state index in [9.17, 15) is 16.8 Å². The van der Waals surface area contributed by atoms with Gasteiger partial charge in [-0.15, -0.1) is 0 Å². The molecule has 10 nitrogen and oxygen atoms in total. The van der Waals surface area contributed by atoms with Gasteiger partial charge in [-0.3, -0.25) is 8.37 Å². The lowest BCUT2D eigenvalue weighted by Crippen LogP contribution is -2.64. The lowest BCUT2D eigenvalue weighted by Gasteiger charge is -2.47. The standard InChI is InChI=1S/C26H24Br2O10S2/c1-33-26-24(38-40(31,32)20-13-9-18(28)10-14-20)23(37-39(29,30)19-11-7-17(27)8-12-19)22-21(35-26)15-34-25(36-22)16-5-3-2-4-6-16/h2-14,21-26H,15H2,1H3/t21-,22-,23+,24-,25-,26-/m0/s1. The van der Waals surface area contributed by atoms with E-state index in [2.05, 4.69) is 31.9 Å². The highest BCUT2D eigenvalue weighted by molar-refractivity contribution is 9.10. The Morgan fingerprint density at radius 1 is 0.725 bits per heavy atom. The summed E-state index contributed by atoms with van der Waals surface area (Å²) in [5.74, 6) is 0. The summed E-state index contributed by atoms with van der Waals surface area (Å²) in [7, 11) is -7.58. The highest BCUT2D eigenvalue weighted by Crippen LogP contribution is 2.38. The van der Waals surface area contributed by atoms with Crippen molar-refractivity contribution in [3.63, 3.8) is 0 Å².